The Kier molecular flexibility index (Phi) is 6.31. The molecule has 0 aromatic carbocycles. The minimum atomic E-state index is -0.248. The second kappa shape index (κ2) is 7.52. The maximum Gasteiger partial charge on any atom is 0.330 e. The van der Waals surface area contributed by atoms with Gasteiger partial charge in [-0.1, -0.05) is 39.2 Å². The molecule has 0 aromatic rings. The third-order valence-electron chi connectivity index (χ3n) is 3.73. The lowest BCUT2D eigenvalue weighted by atomic mass is 9.81. The number of carbonyl (C=O) groups is 1. The van der Waals surface area contributed by atoms with Crippen molar-refractivity contribution in [3.63, 3.8) is 0 Å². The van der Waals surface area contributed by atoms with Crippen LogP contribution in [0.15, 0.2) is 12.7 Å². The molecule has 98 valence electrons. The third kappa shape index (κ3) is 4.93. The molecule has 1 aliphatic rings. The summed E-state index contributed by atoms with van der Waals surface area (Å²) < 4.78 is 5.65. The van der Waals surface area contributed by atoms with Crippen LogP contribution in [-0.4, -0.2) is 11.6 Å². The number of ether oxygens (including phenoxy) is 1. The lowest BCUT2D eigenvalue weighted by Crippen LogP contribution is -2.36. The van der Waals surface area contributed by atoms with Crippen molar-refractivity contribution in [1.82, 2.24) is 0 Å². The fraction of sp³-hybridized carbons (Fsp3) is 0.800. The van der Waals surface area contributed by atoms with Crippen molar-refractivity contribution < 1.29 is 9.53 Å². The van der Waals surface area contributed by atoms with E-state index in [1.165, 1.54) is 51.0 Å². The van der Waals surface area contributed by atoms with E-state index in [2.05, 4.69) is 13.5 Å². The Hall–Kier alpha value is -0.790. The van der Waals surface area contributed by atoms with Crippen LogP contribution >= 0.6 is 0 Å². The van der Waals surface area contributed by atoms with Crippen molar-refractivity contribution in [3.05, 3.63) is 12.7 Å². The Morgan fingerprint density at radius 1 is 1.24 bits per heavy atom. The molecule has 0 N–H and O–H groups in total. The smallest absolute Gasteiger partial charge is 0.330 e. The van der Waals surface area contributed by atoms with Gasteiger partial charge in [0.05, 0.1) is 0 Å². The van der Waals surface area contributed by atoms with Crippen molar-refractivity contribution in [2.24, 2.45) is 0 Å². The molecule has 0 spiro atoms. The average Bonchev–Trinajstić information content (AvgIpc) is 2.36. The fourth-order valence-corrected chi connectivity index (χ4v) is 2.73. The summed E-state index contributed by atoms with van der Waals surface area (Å²) in [5.41, 5.74) is -0.169. The summed E-state index contributed by atoms with van der Waals surface area (Å²) in [6, 6.07) is 0. The molecule has 0 saturated heterocycles. The monoisotopic (exact) mass is 238 g/mol. The Bertz CT molecular complexity index is 239. The van der Waals surface area contributed by atoms with E-state index in [-0.39, 0.29) is 11.6 Å². The molecule has 2 nitrogen and oxygen atoms in total. The maximum atomic E-state index is 11.4. The Labute approximate surface area is 105 Å². The van der Waals surface area contributed by atoms with Crippen molar-refractivity contribution >= 4 is 5.97 Å². The maximum absolute atomic E-state index is 11.4. The van der Waals surface area contributed by atoms with E-state index in [0.717, 1.165) is 19.3 Å². The number of esters is 1. The van der Waals surface area contributed by atoms with Gasteiger partial charge in [-0.05, 0) is 38.5 Å². The van der Waals surface area contributed by atoms with Crippen LogP contribution in [0.2, 0.25) is 0 Å². The molecular formula is C15H26O2. The largest absolute Gasteiger partial charge is 0.456 e. The van der Waals surface area contributed by atoms with E-state index in [1.807, 2.05) is 0 Å². The van der Waals surface area contributed by atoms with Crippen LogP contribution in [-0.2, 0) is 9.53 Å². The Morgan fingerprint density at radius 2 is 1.94 bits per heavy atom. The first-order valence-electron chi connectivity index (χ1n) is 7.08. The quantitative estimate of drug-likeness (QED) is 0.373. The molecule has 0 bridgehead atoms. The van der Waals surface area contributed by atoms with Crippen LogP contribution in [0.5, 0.6) is 0 Å². The lowest BCUT2D eigenvalue weighted by molar-refractivity contribution is -0.158. The predicted octanol–water partition coefficient (Wildman–Crippen LogP) is 4.39. The molecular weight excluding hydrogens is 212 g/mol. The zero-order valence-corrected chi connectivity index (χ0v) is 11.2. The third-order valence-corrected chi connectivity index (χ3v) is 3.73. The standard InChI is InChI=1S/C15H26O2/c1-3-5-6-8-11-15(17-14(16)4-2)12-9-7-10-13-15/h4H,2-3,5-13H2,1H3. The zero-order valence-electron chi connectivity index (χ0n) is 11.2. The summed E-state index contributed by atoms with van der Waals surface area (Å²) in [5, 5.41) is 0. The molecule has 0 atom stereocenters. The molecule has 2 heteroatoms. The molecule has 1 fully saturated rings. The minimum Gasteiger partial charge on any atom is -0.456 e. The first-order valence-corrected chi connectivity index (χ1v) is 7.08. The number of carbonyl (C=O) groups excluding carboxylic acids is 1. The molecule has 1 rings (SSSR count). The summed E-state index contributed by atoms with van der Waals surface area (Å²) in [7, 11) is 0. The predicted molar refractivity (Wildman–Crippen MR) is 70.9 cm³/mol. The SMILES string of the molecule is C=CC(=O)OC1(CCCCCC)CCCCC1. The van der Waals surface area contributed by atoms with Gasteiger partial charge >= 0.3 is 5.97 Å². The van der Waals surface area contributed by atoms with Crippen LogP contribution < -0.4 is 0 Å². The van der Waals surface area contributed by atoms with Gasteiger partial charge in [0, 0.05) is 6.08 Å². The number of hydrogen-bond donors (Lipinski definition) is 0. The summed E-state index contributed by atoms with van der Waals surface area (Å²) >= 11 is 0. The number of rotatable bonds is 7. The number of unbranched alkanes of at least 4 members (excludes halogenated alkanes) is 3. The summed E-state index contributed by atoms with van der Waals surface area (Å²) in [6.45, 7) is 5.71. The molecule has 0 unspecified atom stereocenters. The van der Waals surface area contributed by atoms with Crippen LogP contribution in [0.25, 0.3) is 0 Å². The molecule has 17 heavy (non-hydrogen) atoms. The van der Waals surface area contributed by atoms with Crippen molar-refractivity contribution in [2.75, 3.05) is 0 Å². The van der Waals surface area contributed by atoms with Crippen molar-refractivity contribution in [2.45, 2.75) is 76.7 Å². The van der Waals surface area contributed by atoms with E-state index >= 15 is 0 Å². The van der Waals surface area contributed by atoms with Gasteiger partial charge < -0.3 is 4.74 Å². The molecule has 0 radical (unpaired) electrons. The fourth-order valence-electron chi connectivity index (χ4n) is 2.73. The summed E-state index contributed by atoms with van der Waals surface area (Å²) in [6.07, 6.45) is 13.0. The van der Waals surface area contributed by atoms with Crippen LogP contribution in [0.1, 0.15) is 71.1 Å². The van der Waals surface area contributed by atoms with Gasteiger partial charge in [-0.2, -0.15) is 0 Å². The topological polar surface area (TPSA) is 26.3 Å². The van der Waals surface area contributed by atoms with Gasteiger partial charge in [-0.3, -0.25) is 0 Å². The highest BCUT2D eigenvalue weighted by molar-refractivity contribution is 5.81. The van der Waals surface area contributed by atoms with Gasteiger partial charge in [0.2, 0.25) is 0 Å². The molecule has 0 amide bonds. The second-order valence-corrected chi connectivity index (χ2v) is 5.18. The van der Waals surface area contributed by atoms with E-state index in [0.29, 0.717) is 0 Å². The average molecular weight is 238 g/mol. The summed E-state index contributed by atoms with van der Waals surface area (Å²) in [5.74, 6) is -0.248. The molecule has 0 aliphatic heterocycles. The lowest BCUT2D eigenvalue weighted by Gasteiger charge is -2.36. The number of hydrogen-bond acceptors (Lipinski definition) is 2. The minimum absolute atomic E-state index is 0.169. The van der Waals surface area contributed by atoms with E-state index in [1.54, 1.807) is 0 Å². The molecule has 1 saturated carbocycles. The van der Waals surface area contributed by atoms with E-state index < -0.39 is 0 Å². The summed E-state index contributed by atoms with van der Waals surface area (Å²) in [4.78, 5) is 11.4. The highest BCUT2D eigenvalue weighted by atomic mass is 16.6. The van der Waals surface area contributed by atoms with Crippen molar-refractivity contribution in [1.29, 1.82) is 0 Å². The van der Waals surface area contributed by atoms with Gasteiger partial charge in [-0.15, -0.1) is 0 Å². The first kappa shape index (κ1) is 14.3. The highest BCUT2D eigenvalue weighted by Crippen LogP contribution is 2.36. The highest BCUT2D eigenvalue weighted by Gasteiger charge is 2.34. The molecule has 1 aliphatic carbocycles. The molecule has 0 aromatic heterocycles. The molecule has 0 heterocycles. The van der Waals surface area contributed by atoms with Crippen LogP contribution in [0, 0.1) is 0 Å². The van der Waals surface area contributed by atoms with Crippen LogP contribution in [0.4, 0.5) is 0 Å². The first-order chi connectivity index (χ1) is 8.22. The van der Waals surface area contributed by atoms with E-state index in [9.17, 15) is 4.79 Å². The Morgan fingerprint density at radius 3 is 2.53 bits per heavy atom. The van der Waals surface area contributed by atoms with Crippen LogP contribution in [0.3, 0.4) is 0 Å². The van der Waals surface area contributed by atoms with E-state index in [4.69, 9.17) is 4.74 Å². The van der Waals surface area contributed by atoms with Gasteiger partial charge in [0.1, 0.15) is 5.60 Å². The Balaban J connectivity index is 2.46. The zero-order chi connectivity index (χ0) is 12.6. The van der Waals surface area contributed by atoms with Crippen molar-refractivity contribution in [3.8, 4) is 0 Å². The second-order valence-electron chi connectivity index (χ2n) is 5.18. The van der Waals surface area contributed by atoms with Gasteiger partial charge in [0.25, 0.3) is 0 Å². The normalized spacial score (nSPS) is 18.6. The van der Waals surface area contributed by atoms with Gasteiger partial charge in [-0.25, -0.2) is 4.79 Å². The van der Waals surface area contributed by atoms with Gasteiger partial charge in [0.15, 0.2) is 0 Å².